The zero-order chi connectivity index (χ0) is 20.4. The predicted octanol–water partition coefficient (Wildman–Crippen LogP) is 4.11. The smallest absolute Gasteiger partial charge is 0.293 e. The molecule has 2 heterocycles. The van der Waals surface area contributed by atoms with E-state index in [0.29, 0.717) is 16.9 Å². The van der Waals surface area contributed by atoms with Gasteiger partial charge in [0.1, 0.15) is 5.69 Å². The van der Waals surface area contributed by atoms with Gasteiger partial charge in [-0.15, -0.1) is 11.3 Å². The van der Waals surface area contributed by atoms with Gasteiger partial charge >= 0.3 is 0 Å². The molecule has 0 atom stereocenters. The number of likely N-dealkylation sites (tertiary alicyclic amines) is 1. The number of benzene rings is 1. The van der Waals surface area contributed by atoms with E-state index in [1.54, 1.807) is 12.1 Å². The van der Waals surface area contributed by atoms with Gasteiger partial charge in [-0.3, -0.25) is 25.1 Å². The molecule has 0 unspecified atom stereocenters. The topological polar surface area (TPSA) is 100 Å². The zero-order valence-corrected chi connectivity index (χ0v) is 17.2. The van der Waals surface area contributed by atoms with Gasteiger partial charge in [0.25, 0.3) is 11.6 Å². The minimum absolute atomic E-state index is 0.0799. The first-order valence-electron chi connectivity index (χ1n) is 10.0. The maximum Gasteiger partial charge on any atom is 0.293 e. The molecule has 2 fully saturated rings. The number of nitro groups is 1. The van der Waals surface area contributed by atoms with Crippen molar-refractivity contribution in [3.63, 3.8) is 0 Å². The summed E-state index contributed by atoms with van der Waals surface area (Å²) in [4.78, 5) is 30.4. The molecule has 1 aromatic carbocycles. The fourth-order valence-electron chi connectivity index (χ4n) is 3.45. The summed E-state index contributed by atoms with van der Waals surface area (Å²) in [6.07, 6.45) is 4.45. The van der Waals surface area contributed by atoms with Crippen LogP contribution in [0.2, 0.25) is 0 Å². The monoisotopic (exact) mass is 415 g/mol. The molecule has 2 aliphatic rings. The van der Waals surface area contributed by atoms with Gasteiger partial charge in [0.05, 0.1) is 10.6 Å². The number of carbonyl (C=O) groups is 1. The van der Waals surface area contributed by atoms with Crippen LogP contribution in [0.5, 0.6) is 0 Å². The number of piperidine rings is 1. The van der Waals surface area contributed by atoms with Crippen molar-refractivity contribution in [2.45, 2.75) is 45.2 Å². The predicted molar refractivity (Wildman–Crippen MR) is 113 cm³/mol. The molecule has 0 bridgehead atoms. The average molecular weight is 416 g/mol. The lowest BCUT2D eigenvalue weighted by atomic mass is 9.99. The van der Waals surface area contributed by atoms with E-state index < -0.39 is 10.8 Å². The van der Waals surface area contributed by atoms with Crippen LogP contribution < -0.4 is 10.6 Å². The SMILES string of the molecule is CC1CCN(Cc2csc(NC(=O)c3ccc(NC4CC4)c([N+](=O)[O-])c3)n2)CC1. The fourth-order valence-corrected chi connectivity index (χ4v) is 4.15. The van der Waals surface area contributed by atoms with Gasteiger partial charge in [0, 0.05) is 29.6 Å². The lowest BCUT2D eigenvalue weighted by Gasteiger charge is -2.29. The molecule has 1 aliphatic carbocycles. The number of aromatic nitrogens is 1. The molecule has 1 saturated heterocycles. The molecule has 9 heteroatoms. The van der Waals surface area contributed by atoms with Crippen molar-refractivity contribution in [1.82, 2.24) is 9.88 Å². The van der Waals surface area contributed by atoms with Gasteiger partial charge in [-0.05, 0) is 56.8 Å². The Kier molecular flexibility index (Phi) is 5.77. The van der Waals surface area contributed by atoms with Crippen LogP contribution in [0.3, 0.4) is 0 Å². The van der Waals surface area contributed by atoms with Crippen molar-refractivity contribution in [2.75, 3.05) is 23.7 Å². The van der Waals surface area contributed by atoms with Gasteiger partial charge in [0.2, 0.25) is 0 Å². The number of nitrogens with one attached hydrogen (secondary N) is 2. The van der Waals surface area contributed by atoms with Crippen molar-refractivity contribution >= 4 is 33.8 Å². The van der Waals surface area contributed by atoms with E-state index in [-0.39, 0.29) is 11.3 Å². The van der Waals surface area contributed by atoms with Crippen LogP contribution in [-0.4, -0.2) is 39.8 Å². The van der Waals surface area contributed by atoms with Crippen LogP contribution in [-0.2, 0) is 6.54 Å². The van der Waals surface area contributed by atoms with Crippen LogP contribution >= 0.6 is 11.3 Å². The van der Waals surface area contributed by atoms with Crippen LogP contribution in [0.25, 0.3) is 0 Å². The van der Waals surface area contributed by atoms with E-state index >= 15 is 0 Å². The maximum absolute atomic E-state index is 12.6. The zero-order valence-electron chi connectivity index (χ0n) is 16.4. The average Bonchev–Trinajstić information content (AvgIpc) is 3.41. The Morgan fingerprint density at radius 2 is 2.07 bits per heavy atom. The van der Waals surface area contributed by atoms with E-state index in [2.05, 4.69) is 27.4 Å². The van der Waals surface area contributed by atoms with Crippen molar-refractivity contribution < 1.29 is 9.72 Å². The van der Waals surface area contributed by atoms with Crippen LogP contribution in [0.1, 0.15) is 48.7 Å². The van der Waals surface area contributed by atoms with Crippen LogP contribution in [0, 0.1) is 16.0 Å². The van der Waals surface area contributed by atoms with Gasteiger partial charge < -0.3 is 5.32 Å². The molecule has 29 heavy (non-hydrogen) atoms. The highest BCUT2D eigenvalue weighted by Gasteiger charge is 2.26. The highest BCUT2D eigenvalue weighted by Crippen LogP contribution is 2.32. The van der Waals surface area contributed by atoms with Gasteiger partial charge in [-0.2, -0.15) is 0 Å². The molecule has 154 valence electrons. The summed E-state index contributed by atoms with van der Waals surface area (Å²) in [5, 5.41) is 19.8. The lowest BCUT2D eigenvalue weighted by molar-refractivity contribution is -0.384. The number of hydrogen-bond donors (Lipinski definition) is 2. The highest BCUT2D eigenvalue weighted by molar-refractivity contribution is 7.14. The molecule has 1 saturated carbocycles. The minimum atomic E-state index is -0.456. The third-order valence-corrected chi connectivity index (χ3v) is 6.23. The maximum atomic E-state index is 12.6. The summed E-state index contributed by atoms with van der Waals surface area (Å²) in [5.74, 6) is 0.394. The van der Waals surface area contributed by atoms with E-state index in [1.807, 2.05) is 5.38 Å². The van der Waals surface area contributed by atoms with E-state index in [1.165, 1.54) is 30.2 Å². The summed E-state index contributed by atoms with van der Waals surface area (Å²) in [5.41, 5.74) is 1.57. The Labute approximate surface area is 173 Å². The molecular formula is C20H25N5O3S. The van der Waals surface area contributed by atoms with Gasteiger partial charge in [-0.1, -0.05) is 6.92 Å². The van der Waals surface area contributed by atoms with E-state index in [4.69, 9.17) is 0 Å². The van der Waals surface area contributed by atoms with Gasteiger partial charge in [0.15, 0.2) is 5.13 Å². The third kappa shape index (κ3) is 5.10. The second kappa shape index (κ2) is 8.46. The standard InChI is InChI=1S/C20H25N5O3S/c1-13-6-8-24(9-7-13)11-16-12-29-20(22-16)23-19(26)14-2-5-17(21-15-3-4-15)18(10-14)25(27)28/h2,5,10,12-13,15,21H,3-4,6-9,11H2,1H3,(H,22,23,26). The van der Waals surface area contributed by atoms with Crippen molar-refractivity contribution in [3.05, 3.63) is 45.0 Å². The molecule has 1 amide bonds. The Balaban J connectivity index is 1.39. The van der Waals surface area contributed by atoms with E-state index in [9.17, 15) is 14.9 Å². The normalized spacial score (nSPS) is 17.8. The summed E-state index contributed by atoms with van der Waals surface area (Å²) >= 11 is 1.38. The second-order valence-corrected chi connectivity index (χ2v) is 8.82. The van der Waals surface area contributed by atoms with E-state index in [0.717, 1.165) is 44.1 Å². The number of carbonyl (C=O) groups excluding carboxylic acids is 1. The number of thiazole rings is 1. The molecule has 0 radical (unpaired) electrons. The number of nitrogens with zero attached hydrogens (tertiary/aromatic N) is 3. The Morgan fingerprint density at radius 3 is 2.76 bits per heavy atom. The number of rotatable bonds is 7. The van der Waals surface area contributed by atoms with Crippen molar-refractivity contribution in [3.8, 4) is 0 Å². The Bertz CT molecular complexity index is 903. The minimum Gasteiger partial charge on any atom is -0.377 e. The van der Waals surface area contributed by atoms with Crippen molar-refractivity contribution in [1.29, 1.82) is 0 Å². The second-order valence-electron chi connectivity index (χ2n) is 7.96. The highest BCUT2D eigenvalue weighted by atomic mass is 32.1. The summed E-state index contributed by atoms with van der Waals surface area (Å²) in [6, 6.07) is 4.83. The molecule has 2 N–H and O–H groups in total. The fraction of sp³-hybridized carbons (Fsp3) is 0.500. The van der Waals surface area contributed by atoms with Crippen LogP contribution in [0.4, 0.5) is 16.5 Å². The third-order valence-electron chi connectivity index (χ3n) is 5.43. The lowest BCUT2D eigenvalue weighted by Crippen LogP contribution is -2.32. The first-order valence-corrected chi connectivity index (χ1v) is 10.9. The largest absolute Gasteiger partial charge is 0.377 e. The molecule has 4 rings (SSSR count). The Morgan fingerprint density at radius 1 is 1.31 bits per heavy atom. The molecule has 1 aliphatic heterocycles. The summed E-state index contributed by atoms with van der Waals surface area (Å²) in [7, 11) is 0. The van der Waals surface area contributed by atoms with Gasteiger partial charge in [-0.25, -0.2) is 4.98 Å². The number of amides is 1. The van der Waals surface area contributed by atoms with Crippen LogP contribution in [0.15, 0.2) is 23.6 Å². The first kappa shape index (κ1) is 19.8. The Hall–Kier alpha value is -2.52. The molecule has 0 spiro atoms. The quantitative estimate of drug-likeness (QED) is 0.521. The molecule has 8 nitrogen and oxygen atoms in total. The first-order chi connectivity index (χ1) is 14.0. The molecule has 1 aromatic heterocycles. The van der Waals surface area contributed by atoms with Crippen molar-refractivity contribution in [2.24, 2.45) is 5.92 Å². The number of anilines is 2. The number of nitro benzene ring substituents is 1. The number of hydrogen-bond acceptors (Lipinski definition) is 7. The molecule has 2 aromatic rings. The summed E-state index contributed by atoms with van der Waals surface area (Å²) < 4.78 is 0. The molecular weight excluding hydrogens is 390 g/mol. The summed E-state index contributed by atoms with van der Waals surface area (Å²) in [6.45, 7) is 5.22.